The van der Waals surface area contributed by atoms with Crippen molar-refractivity contribution in [2.45, 2.75) is 58.4 Å². The largest absolute Gasteiger partial charge is 0.481 e. The van der Waals surface area contributed by atoms with Gasteiger partial charge in [0.1, 0.15) is 0 Å². The number of hydrogen-bond acceptors (Lipinski definition) is 2. The van der Waals surface area contributed by atoms with Crippen molar-refractivity contribution in [3.63, 3.8) is 0 Å². The lowest BCUT2D eigenvalue weighted by molar-refractivity contribution is -0.146. The van der Waals surface area contributed by atoms with Crippen LogP contribution in [-0.2, 0) is 9.59 Å². The fourth-order valence-electron chi connectivity index (χ4n) is 3.94. The zero-order valence-corrected chi connectivity index (χ0v) is 11.9. The van der Waals surface area contributed by atoms with Gasteiger partial charge in [-0.05, 0) is 43.9 Å². The van der Waals surface area contributed by atoms with E-state index < -0.39 is 11.9 Å². The smallest absolute Gasteiger partial charge is 0.307 e. The minimum Gasteiger partial charge on any atom is -0.481 e. The summed E-state index contributed by atoms with van der Waals surface area (Å²) in [5.41, 5.74) is 0. The Kier molecular flexibility index (Phi) is 4.48. The maximum atomic E-state index is 12.3. The Balaban J connectivity index is 1.91. The topological polar surface area (TPSA) is 66.4 Å². The first-order chi connectivity index (χ1) is 8.97. The summed E-state index contributed by atoms with van der Waals surface area (Å²) in [6.07, 6.45) is 5.51. The summed E-state index contributed by atoms with van der Waals surface area (Å²) in [6, 6.07) is 0.237. The SMILES string of the molecule is CC1CC(C)CC(NC(=O)C2CCCC2C(=O)O)C1. The molecule has 0 bridgehead atoms. The predicted molar refractivity (Wildman–Crippen MR) is 72.6 cm³/mol. The van der Waals surface area contributed by atoms with E-state index in [0.29, 0.717) is 18.3 Å². The lowest BCUT2D eigenvalue weighted by atomic mass is 9.80. The third-order valence-corrected chi connectivity index (χ3v) is 4.69. The summed E-state index contributed by atoms with van der Waals surface area (Å²) < 4.78 is 0. The molecule has 2 aliphatic rings. The second-order valence-corrected chi connectivity index (χ2v) is 6.61. The minimum absolute atomic E-state index is 0.0313. The van der Waals surface area contributed by atoms with Gasteiger partial charge in [-0.25, -0.2) is 0 Å². The molecule has 2 saturated carbocycles. The van der Waals surface area contributed by atoms with Gasteiger partial charge in [0.25, 0.3) is 0 Å². The highest BCUT2D eigenvalue weighted by atomic mass is 16.4. The number of carboxylic acids is 1. The van der Waals surface area contributed by atoms with Crippen LogP contribution in [0.5, 0.6) is 0 Å². The Morgan fingerprint density at radius 2 is 1.58 bits per heavy atom. The lowest BCUT2D eigenvalue weighted by Gasteiger charge is -2.33. The first kappa shape index (κ1) is 14.4. The Morgan fingerprint density at radius 3 is 2.16 bits per heavy atom. The molecule has 0 aliphatic heterocycles. The number of carboxylic acid groups (broad SMARTS) is 1. The molecular formula is C15H25NO3. The molecule has 2 aliphatic carbocycles. The molecule has 4 unspecified atom stereocenters. The molecule has 4 heteroatoms. The number of hydrogen-bond donors (Lipinski definition) is 2. The summed E-state index contributed by atoms with van der Waals surface area (Å²) in [5.74, 6) is -0.344. The predicted octanol–water partition coefficient (Wildman–Crippen LogP) is 2.43. The van der Waals surface area contributed by atoms with Gasteiger partial charge in [0.2, 0.25) is 5.91 Å². The Bertz CT molecular complexity index is 345. The Hall–Kier alpha value is -1.06. The van der Waals surface area contributed by atoms with Crippen LogP contribution in [0.3, 0.4) is 0 Å². The Labute approximate surface area is 115 Å². The molecule has 4 nitrogen and oxygen atoms in total. The van der Waals surface area contributed by atoms with Crippen molar-refractivity contribution in [1.29, 1.82) is 0 Å². The zero-order valence-electron chi connectivity index (χ0n) is 11.9. The second kappa shape index (κ2) is 5.93. The molecule has 19 heavy (non-hydrogen) atoms. The highest BCUT2D eigenvalue weighted by Gasteiger charge is 2.38. The molecule has 0 heterocycles. The average molecular weight is 267 g/mol. The van der Waals surface area contributed by atoms with Gasteiger partial charge in [-0.2, -0.15) is 0 Å². The summed E-state index contributed by atoms with van der Waals surface area (Å²) in [7, 11) is 0. The zero-order chi connectivity index (χ0) is 14.0. The van der Waals surface area contributed by atoms with Gasteiger partial charge in [-0.1, -0.05) is 20.3 Å². The number of nitrogens with one attached hydrogen (secondary N) is 1. The third-order valence-electron chi connectivity index (χ3n) is 4.69. The van der Waals surface area contributed by atoms with E-state index in [-0.39, 0.29) is 17.9 Å². The summed E-state index contributed by atoms with van der Waals surface area (Å²) in [5, 5.41) is 12.2. The van der Waals surface area contributed by atoms with Gasteiger partial charge in [-0.3, -0.25) is 9.59 Å². The first-order valence-electron chi connectivity index (χ1n) is 7.50. The van der Waals surface area contributed by atoms with Crippen LogP contribution in [0.2, 0.25) is 0 Å². The summed E-state index contributed by atoms with van der Waals surface area (Å²) in [4.78, 5) is 23.4. The van der Waals surface area contributed by atoms with Crippen molar-refractivity contribution in [1.82, 2.24) is 5.32 Å². The second-order valence-electron chi connectivity index (χ2n) is 6.61. The average Bonchev–Trinajstić information content (AvgIpc) is 2.75. The van der Waals surface area contributed by atoms with Gasteiger partial charge in [0.15, 0.2) is 0 Å². The van der Waals surface area contributed by atoms with E-state index >= 15 is 0 Å². The van der Waals surface area contributed by atoms with Gasteiger partial charge in [0.05, 0.1) is 11.8 Å². The van der Waals surface area contributed by atoms with Crippen LogP contribution in [0.4, 0.5) is 0 Å². The van der Waals surface area contributed by atoms with Crippen molar-refractivity contribution in [3.05, 3.63) is 0 Å². The number of carbonyl (C=O) groups excluding carboxylic acids is 1. The molecule has 0 aromatic heterocycles. The molecule has 0 aromatic carbocycles. The quantitative estimate of drug-likeness (QED) is 0.825. The van der Waals surface area contributed by atoms with Gasteiger partial charge >= 0.3 is 5.97 Å². The molecule has 2 rings (SSSR count). The third kappa shape index (κ3) is 3.48. The number of amides is 1. The first-order valence-corrected chi connectivity index (χ1v) is 7.50. The number of rotatable bonds is 3. The Morgan fingerprint density at radius 1 is 1.00 bits per heavy atom. The summed E-state index contributed by atoms with van der Waals surface area (Å²) >= 11 is 0. The molecule has 2 fully saturated rings. The van der Waals surface area contributed by atoms with Crippen LogP contribution in [0.25, 0.3) is 0 Å². The normalized spacial score (nSPS) is 38.9. The lowest BCUT2D eigenvalue weighted by Crippen LogP contribution is -2.44. The number of carbonyl (C=O) groups is 2. The van der Waals surface area contributed by atoms with E-state index in [1.807, 2.05) is 0 Å². The molecule has 0 aromatic rings. The molecule has 0 spiro atoms. The van der Waals surface area contributed by atoms with Gasteiger partial charge in [-0.15, -0.1) is 0 Å². The van der Waals surface area contributed by atoms with E-state index in [4.69, 9.17) is 5.11 Å². The van der Waals surface area contributed by atoms with Crippen molar-refractivity contribution in [2.24, 2.45) is 23.7 Å². The van der Waals surface area contributed by atoms with Crippen LogP contribution in [0.1, 0.15) is 52.4 Å². The monoisotopic (exact) mass is 267 g/mol. The minimum atomic E-state index is -0.817. The van der Waals surface area contributed by atoms with Crippen LogP contribution >= 0.6 is 0 Å². The van der Waals surface area contributed by atoms with Crippen LogP contribution < -0.4 is 5.32 Å². The van der Waals surface area contributed by atoms with Crippen molar-refractivity contribution in [3.8, 4) is 0 Å². The molecular weight excluding hydrogens is 242 g/mol. The number of aliphatic carboxylic acids is 1. The van der Waals surface area contributed by atoms with Crippen molar-refractivity contribution < 1.29 is 14.7 Å². The molecule has 2 N–H and O–H groups in total. The molecule has 108 valence electrons. The maximum absolute atomic E-state index is 12.3. The molecule has 0 saturated heterocycles. The van der Waals surface area contributed by atoms with Crippen LogP contribution in [0.15, 0.2) is 0 Å². The fourth-order valence-corrected chi connectivity index (χ4v) is 3.94. The van der Waals surface area contributed by atoms with Crippen LogP contribution in [-0.4, -0.2) is 23.0 Å². The van der Waals surface area contributed by atoms with E-state index in [2.05, 4.69) is 19.2 Å². The van der Waals surface area contributed by atoms with E-state index in [1.165, 1.54) is 6.42 Å². The van der Waals surface area contributed by atoms with E-state index in [9.17, 15) is 9.59 Å². The van der Waals surface area contributed by atoms with E-state index in [0.717, 1.165) is 25.7 Å². The standard InChI is InChI=1S/C15H25NO3/c1-9-6-10(2)8-11(7-9)16-14(17)12-4-3-5-13(12)15(18)19/h9-13H,3-8H2,1-2H3,(H,16,17)(H,18,19). The van der Waals surface area contributed by atoms with Gasteiger partial charge < -0.3 is 10.4 Å². The fraction of sp³-hybridized carbons (Fsp3) is 0.867. The highest BCUT2D eigenvalue weighted by molar-refractivity contribution is 5.85. The van der Waals surface area contributed by atoms with E-state index in [1.54, 1.807) is 0 Å². The van der Waals surface area contributed by atoms with Crippen LogP contribution in [0, 0.1) is 23.7 Å². The highest BCUT2D eigenvalue weighted by Crippen LogP contribution is 2.33. The molecule has 4 atom stereocenters. The molecule has 1 amide bonds. The van der Waals surface area contributed by atoms with Crippen molar-refractivity contribution in [2.75, 3.05) is 0 Å². The summed E-state index contributed by atoms with van der Waals surface area (Å²) in [6.45, 7) is 4.45. The van der Waals surface area contributed by atoms with Gasteiger partial charge in [0, 0.05) is 6.04 Å². The maximum Gasteiger partial charge on any atom is 0.307 e. The van der Waals surface area contributed by atoms with Crippen molar-refractivity contribution >= 4 is 11.9 Å². The molecule has 0 radical (unpaired) electrons.